The van der Waals surface area contributed by atoms with Crippen LogP contribution in [0.3, 0.4) is 0 Å². The smallest absolute Gasteiger partial charge is 0.163 e. The Morgan fingerprint density at radius 2 is 2.03 bits per heavy atom. The van der Waals surface area contributed by atoms with Gasteiger partial charge in [-0.05, 0) is 87.2 Å². The molecule has 4 aliphatic carbocycles. The van der Waals surface area contributed by atoms with Gasteiger partial charge in [-0.1, -0.05) is 32.4 Å². The van der Waals surface area contributed by atoms with Crippen molar-refractivity contribution in [2.24, 2.45) is 35.0 Å². The van der Waals surface area contributed by atoms with Crippen LogP contribution in [-0.4, -0.2) is 41.3 Å². The first kappa shape index (κ1) is 20.6. The SMILES string of the molecule is CC1=C2C(=O)[C@H]3[C@H](CC=C4C[C@@H](O)CC[C@@]43C)[C@@H]2CC[C@]12O[C@@H]1C[C@H](C)CN[C@H]1[C@H]2C. The highest BCUT2D eigenvalue weighted by atomic mass is 16.5. The Kier molecular flexibility index (Phi) is 4.51. The fourth-order valence-electron chi connectivity index (χ4n) is 8.93. The number of nitrogens with one attached hydrogen (secondary N) is 1. The minimum atomic E-state index is -0.263. The van der Waals surface area contributed by atoms with Gasteiger partial charge in [-0.25, -0.2) is 0 Å². The number of ketones is 1. The fourth-order valence-corrected chi connectivity index (χ4v) is 8.93. The quantitative estimate of drug-likeness (QED) is 0.572. The lowest BCUT2D eigenvalue weighted by Gasteiger charge is -2.48. The van der Waals surface area contributed by atoms with Crippen LogP contribution in [-0.2, 0) is 9.53 Å². The number of aliphatic hydroxyl groups is 1. The summed E-state index contributed by atoms with van der Waals surface area (Å²) in [7, 11) is 0. The van der Waals surface area contributed by atoms with Gasteiger partial charge in [0.15, 0.2) is 5.78 Å². The lowest BCUT2D eigenvalue weighted by Crippen LogP contribution is -2.49. The number of rotatable bonds is 0. The summed E-state index contributed by atoms with van der Waals surface area (Å²) in [5.41, 5.74) is 3.43. The standard InChI is InChI=1S/C27H39NO3/c1-14-11-21-24(28-13-14)16(3)27(31-21)10-8-19-20-6-5-17-12-18(29)7-9-26(17,4)23(20)25(30)22(19)15(27)2/h5,14,16,18-21,23-24,28-29H,6-13H2,1-4H3/t14-,16+,18-,19-,20+,21+,23+,24-,26-,27-/m0/s1. The van der Waals surface area contributed by atoms with Gasteiger partial charge in [0.05, 0.1) is 17.8 Å². The number of aliphatic hydroxyl groups excluding tert-OH is 1. The number of Topliss-reactive ketones (excluding diaryl/α,β-unsaturated/α-hetero) is 1. The van der Waals surface area contributed by atoms with Crippen molar-refractivity contribution in [2.45, 2.75) is 96.5 Å². The molecule has 2 aliphatic heterocycles. The molecule has 6 aliphatic rings. The van der Waals surface area contributed by atoms with Crippen molar-refractivity contribution in [2.75, 3.05) is 6.54 Å². The Bertz CT molecular complexity index is 876. The lowest BCUT2D eigenvalue weighted by molar-refractivity contribution is -0.123. The molecule has 170 valence electrons. The molecule has 0 bridgehead atoms. The predicted octanol–water partition coefficient (Wildman–Crippen LogP) is 4.18. The van der Waals surface area contributed by atoms with E-state index in [1.54, 1.807) is 0 Å². The van der Waals surface area contributed by atoms with Gasteiger partial charge < -0.3 is 15.2 Å². The van der Waals surface area contributed by atoms with E-state index >= 15 is 0 Å². The van der Waals surface area contributed by atoms with E-state index in [1.165, 1.54) is 11.1 Å². The highest BCUT2D eigenvalue weighted by molar-refractivity contribution is 6.02. The monoisotopic (exact) mass is 425 g/mol. The molecule has 0 aromatic carbocycles. The van der Waals surface area contributed by atoms with E-state index in [4.69, 9.17) is 4.74 Å². The summed E-state index contributed by atoms with van der Waals surface area (Å²) < 4.78 is 6.93. The van der Waals surface area contributed by atoms with Gasteiger partial charge in [0.25, 0.3) is 0 Å². The second-order valence-corrected chi connectivity index (χ2v) is 12.1. The van der Waals surface area contributed by atoms with Crippen molar-refractivity contribution < 1.29 is 14.6 Å². The number of hydrogen-bond acceptors (Lipinski definition) is 4. The molecule has 31 heavy (non-hydrogen) atoms. The summed E-state index contributed by atoms with van der Waals surface area (Å²) in [6.07, 6.45) is 9.23. The molecule has 0 unspecified atom stereocenters. The molecule has 2 saturated heterocycles. The van der Waals surface area contributed by atoms with E-state index in [0.717, 1.165) is 57.1 Å². The van der Waals surface area contributed by atoms with Gasteiger partial charge in [0.2, 0.25) is 0 Å². The van der Waals surface area contributed by atoms with Crippen LogP contribution in [0.4, 0.5) is 0 Å². The molecular formula is C27H39NO3. The van der Waals surface area contributed by atoms with Gasteiger partial charge in [-0.2, -0.15) is 0 Å². The maximum Gasteiger partial charge on any atom is 0.163 e. The molecule has 4 nitrogen and oxygen atoms in total. The summed E-state index contributed by atoms with van der Waals surface area (Å²) in [6.45, 7) is 10.3. The number of carbonyl (C=O) groups excluding carboxylic acids is 1. The van der Waals surface area contributed by atoms with E-state index in [2.05, 4.69) is 39.1 Å². The molecule has 0 amide bonds. The molecule has 2 N–H and O–H groups in total. The van der Waals surface area contributed by atoms with Gasteiger partial charge >= 0.3 is 0 Å². The molecular weight excluding hydrogens is 386 g/mol. The zero-order chi connectivity index (χ0) is 21.7. The maximum atomic E-state index is 14.1. The Labute approximate surface area is 186 Å². The Morgan fingerprint density at radius 1 is 1.23 bits per heavy atom. The van der Waals surface area contributed by atoms with Crippen molar-refractivity contribution in [3.05, 3.63) is 22.8 Å². The third-order valence-electron chi connectivity index (χ3n) is 10.6. The van der Waals surface area contributed by atoms with Crippen molar-refractivity contribution in [3.8, 4) is 0 Å². The van der Waals surface area contributed by atoms with Crippen molar-refractivity contribution in [1.29, 1.82) is 0 Å². The van der Waals surface area contributed by atoms with Crippen LogP contribution in [0, 0.1) is 35.0 Å². The van der Waals surface area contributed by atoms with Gasteiger partial charge in [0, 0.05) is 23.5 Å². The summed E-state index contributed by atoms with van der Waals surface area (Å²) in [5, 5.41) is 14.0. The van der Waals surface area contributed by atoms with Gasteiger partial charge in [-0.3, -0.25) is 4.79 Å². The first-order valence-corrected chi connectivity index (χ1v) is 12.8. The summed E-state index contributed by atoms with van der Waals surface area (Å²) in [4.78, 5) is 14.1. The number of hydrogen-bond donors (Lipinski definition) is 2. The highest BCUT2D eigenvalue weighted by Crippen LogP contribution is 2.63. The summed E-state index contributed by atoms with van der Waals surface area (Å²) >= 11 is 0. The van der Waals surface area contributed by atoms with Crippen LogP contribution in [0.5, 0.6) is 0 Å². The van der Waals surface area contributed by atoms with Crippen LogP contribution in [0.1, 0.15) is 72.6 Å². The summed E-state index contributed by atoms with van der Waals surface area (Å²) in [6, 6.07) is 0.410. The number of fused-ring (bicyclic) bond motifs is 6. The molecule has 2 saturated carbocycles. The minimum Gasteiger partial charge on any atom is -0.393 e. The van der Waals surface area contributed by atoms with E-state index in [0.29, 0.717) is 35.5 Å². The van der Waals surface area contributed by atoms with E-state index in [-0.39, 0.29) is 29.1 Å². The van der Waals surface area contributed by atoms with E-state index < -0.39 is 0 Å². The normalized spacial score (nSPS) is 53.7. The average Bonchev–Trinajstić information content (AvgIpc) is 3.18. The third kappa shape index (κ3) is 2.62. The second kappa shape index (κ2) is 6.77. The highest BCUT2D eigenvalue weighted by Gasteiger charge is 2.63. The Morgan fingerprint density at radius 3 is 2.84 bits per heavy atom. The van der Waals surface area contributed by atoms with Crippen LogP contribution in [0.15, 0.2) is 22.8 Å². The number of piperidine rings is 1. The van der Waals surface area contributed by atoms with Crippen LogP contribution < -0.4 is 5.32 Å². The lowest BCUT2D eigenvalue weighted by atomic mass is 9.56. The first-order valence-electron chi connectivity index (χ1n) is 12.8. The zero-order valence-corrected chi connectivity index (χ0v) is 19.6. The third-order valence-corrected chi connectivity index (χ3v) is 10.6. The molecule has 4 heteroatoms. The van der Waals surface area contributed by atoms with E-state index in [1.807, 2.05) is 0 Å². The molecule has 0 aromatic rings. The topological polar surface area (TPSA) is 58.6 Å². The first-order chi connectivity index (χ1) is 14.8. The molecule has 4 fully saturated rings. The van der Waals surface area contributed by atoms with Gasteiger partial charge in [0.1, 0.15) is 0 Å². The summed E-state index contributed by atoms with van der Waals surface area (Å²) in [5.74, 6) is 2.41. The van der Waals surface area contributed by atoms with Crippen LogP contribution >= 0.6 is 0 Å². The predicted molar refractivity (Wildman–Crippen MR) is 120 cm³/mol. The van der Waals surface area contributed by atoms with Gasteiger partial charge in [-0.15, -0.1) is 0 Å². The van der Waals surface area contributed by atoms with E-state index in [9.17, 15) is 9.90 Å². The van der Waals surface area contributed by atoms with Crippen molar-refractivity contribution >= 4 is 5.78 Å². The average molecular weight is 426 g/mol. The van der Waals surface area contributed by atoms with Crippen LogP contribution in [0.2, 0.25) is 0 Å². The second-order valence-electron chi connectivity index (χ2n) is 12.1. The zero-order valence-electron chi connectivity index (χ0n) is 19.6. The molecule has 1 spiro atoms. The van der Waals surface area contributed by atoms with Crippen molar-refractivity contribution in [1.82, 2.24) is 5.32 Å². The molecule has 2 heterocycles. The van der Waals surface area contributed by atoms with Crippen LogP contribution in [0.25, 0.3) is 0 Å². The molecule has 0 radical (unpaired) electrons. The fraction of sp³-hybridized carbons (Fsp3) is 0.815. The molecule has 10 atom stereocenters. The number of ether oxygens (including phenoxy) is 1. The van der Waals surface area contributed by atoms with Crippen molar-refractivity contribution in [3.63, 3.8) is 0 Å². The minimum absolute atomic E-state index is 0.0653. The number of allylic oxidation sites excluding steroid dienone is 2. The number of carbonyl (C=O) groups is 1. The largest absolute Gasteiger partial charge is 0.393 e. The Balaban J connectivity index is 1.39. The molecule has 0 aromatic heterocycles. The Hall–Kier alpha value is -0.970. The molecule has 6 rings (SSSR count). The maximum absolute atomic E-state index is 14.1.